The summed E-state index contributed by atoms with van der Waals surface area (Å²) in [6.45, 7) is 3.82. The number of nitro groups is 1. The van der Waals surface area contributed by atoms with Crippen LogP contribution in [0, 0.1) is 16.0 Å². The van der Waals surface area contributed by atoms with E-state index in [4.69, 9.17) is 0 Å². The molecule has 1 aliphatic heterocycles. The Balaban J connectivity index is 2.34. The minimum Gasteiger partial charge on any atom is -0.366 e. The quantitative estimate of drug-likeness (QED) is 0.363. The smallest absolute Gasteiger partial charge is 0.294 e. The normalized spacial score (nSPS) is 15.9. The molecule has 0 saturated carbocycles. The van der Waals surface area contributed by atoms with E-state index in [0.29, 0.717) is 11.6 Å². The van der Waals surface area contributed by atoms with Gasteiger partial charge in [-0.15, -0.1) is 0 Å². The molecule has 100 valence electrons. The molecule has 0 radical (unpaired) electrons. The van der Waals surface area contributed by atoms with Gasteiger partial charge in [0.25, 0.3) is 5.69 Å². The fraction of sp³-hybridized carbons (Fsp3) is 0.462. The molecular formula is C13H15N3O3. The minimum atomic E-state index is -0.433. The largest absolute Gasteiger partial charge is 0.366 e. The maximum atomic E-state index is 11.1. The average molecular weight is 261 g/mol. The highest BCUT2D eigenvalue weighted by Gasteiger charge is 2.23. The second-order valence-corrected chi connectivity index (χ2v) is 4.80. The van der Waals surface area contributed by atoms with Crippen LogP contribution in [0.3, 0.4) is 0 Å². The Morgan fingerprint density at radius 1 is 1.42 bits per heavy atom. The second kappa shape index (κ2) is 5.63. The third-order valence-corrected chi connectivity index (χ3v) is 3.45. The van der Waals surface area contributed by atoms with Crippen LogP contribution >= 0.6 is 0 Å². The molecule has 1 saturated heterocycles. The van der Waals surface area contributed by atoms with Crippen LogP contribution in [0.2, 0.25) is 0 Å². The number of piperidine rings is 1. The van der Waals surface area contributed by atoms with Gasteiger partial charge in [0.05, 0.1) is 10.6 Å². The molecule has 1 aromatic carbocycles. The van der Waals surface area contributed by atoms with Gasteiger partial charge in [-0.1, -0.05) is 6.92 Å². The lowest BCUT2D eigenvalue weighted by atomic mass is 9.98. The summed E-state index contributed by atoms with van der Waals surface area (Å²) in [5.41, 5.74) is 0.851. The van der Waals surface area contributed by atoms with Gasteiger partial charge in [-0.05, 0) is 30.9 Å². The van der Waals surface area contributed by atoms with Crippen LogP contribution in [0.15, 0.2) is 23.2 Å². The minimum absolute atomic E-state index is 0.00828. The monoisotopic (exact) mass is 261 g/mol. The highest BCUT2D eigenvalue weighted by molar-refractivity contribution is 5.69. The van der Waals surface area contributed by atoms with Gasteiger partial charge in [0.15, 0.2) is 0 Å². The van der Waals surface area contributed by atoms with Crippen molar-refractivity contribution in [3.8, 4) is 0 Å². The van der Waals surface area contributed by atoms with Gasteiger partial charge in [-0.2, -0.15) is 4.99 Å². The van der Waals surface area contributed by atoms with Crippen LogP contribution in [-0.2, 0) is 4.79 Å². The Morgan fingerprint density at radius 3 is 2.68 bits per heavy atom. The van der Waals surface area contributed by atoms with Crippen molar-refractivity contribution in [2.24, 2.45) is 10.9 Å². The van der Waals surface area contributed by atoms with Crippen LogP contribution in [0.4, 0.5) is 17.1 Å². The number of carbonyl (C=O) groups excluding carboxylic acids is 1. The number of nitro benzene ring substituents is 1. The molecule has 6 heteroatoms. The van der Waals surface area contributed by atoms with Gasteiger partial charge in [0, 0.05) is 19.2 Å². The van der Waals surface area contributed by atoms with Gasteiger partial charge >= 0.3 is 0 Å². The lowest BCUT2D eigenvalue weighted by Gasteiger charge is -2.31. The molecule has 0 aliphatic carbocycles. The van der Waals surface area contributed by atoms with Crippen LogP contribution < -0.4 is 4.90 Å². The number of nitrogens with zero attached hydrogens (tertiary/aromatic N) is 3. The van der Waals surface area contributed by atoms with Crippen molar-refractivity contribution in [2.45, 2.75) is 19.8 Å². The van der Waals surface area contributed by atoms with Crippen molar-refractivity contribution in [3.05, 3.63) is 28.3 Å². The van der Waals surface area contributed by atoms with E-state index in [-0.39, 0.29) is 11.4 Å². The summed E-state index contributed by atoms with van der Waals surface area (Å²) >= 11 is 0. The van der Waals surface area contributed by atoms with Gasteiger partial charge in [-0.3, -0.25) is 10.1 Å². The predicted molar refractivity (Wildman–Crippen MR) is 71.5 cm³/mol. The third-order valence-electron chi connectivity index (χ3n) is 3.45. The van der Waals surface area contributed by atoms with Crippen LogP contribution in [0.5, 0.6) is 0 Å². The van der Waals surface area contributed by atoms with E-state index in [2.05, 4.69) is 11.9 Å². The lowest BCUT2D eigenvalue weighted by Crippen LogP contribution is -2.33. The number of aliphatic imine (C=N–C) groups is 1. The molecule has 1 heterocycles. The van der Waals surface area contributed by atoms with Gasteiger partial charge < -0.3 is 4.90 Å². The first-order chi connectivity index (χ1) is 9.11. The van der Waals surface area contributed by atoms with Crippen molar-refractivity contribution in [2.75, 3.05) is 18.0 Å². The highest BCUT2D eigenvalue weighted by Crippen LogP contribution is 2.34. The molecule has 0 spiro atoms. The van der Waals surface area contributed by atoms with Gasteiger partial charge in [0.2, 0.25) is 6.08 Å². The van der Waals surface area contributed by atoms with Crippen molar-refractivity contribution in [1.82, 2.24) is 0 Å². The lowest BCUT2D eigenvalue weighted by molar-refractivity contribution is -0.384. The maximum absolute atomic E-state index is 11.1. The maximum Gasteiger partial charge on any atom is 0.294 e. The van der Waals surface area contributed by atoms with Gasteiger partial charge in [0.1, 0.15) is 5.69 Å². The molecule has 0 bridgehead atoms. The topological polar surface area (TPSA) is 75.8 Å². The van der Waals surface area contributed by atoms with Gasteiger partial charge in [-0.25, -0.2) is 4.79 Å². The van der Waals surface area contributed by atoms with E-state index >= 15 is 0 Å². The van der Waals surface area contributed by atoms with E-state index in [1.165, 1.54) is 12.1 Å². The van der Waals surface area contributed by atoms with Crippen molar-refractivity contribution in [1.29, 1.82) is 0 Å². The molecule has 1 aromatic rings. The fourth-order valence-corrected chi connectivity index (χ4v) is 2.30. The first-order valence-electron chi connectivity index (χ1n) is 6.23. The van der Waals surface area contributed by atoms with E-state index in [1.54, 1.807) is 12.1 Å². The number of hydrogen-bond donors (Lipinski definition) is 0. The Labute approximate surface area is 110 Å². The second-order valence-electron chi connectivity index (χ2n) is 4.80. The molecule has 0 atom stereocenters. The highest BCUT2D eigenvalue weighted by atomic mass is 16.6. The average Bonchev–Trinajstić information content (AvgIpc) is 2.40. The Hall–Kier alpha value is -2.20. The van der Waals surface area contributed by atoms with Crippen molar-refractivity contribution in [3.63, 3.8) is 0 Å². The molecule has 6 nitrogen and oxygen atoms in total. The summed E-state index contributed by atoms with van der Waals surface area (Å²) < 4.78 is 0. The van der Waals surface area contributed by atoms with E-state index in [9.17, 15) is 14.9 Å². The predicted octanol–water partition coefficient (Wildman–Crippen LogP) is 2.80. The summed E-state index contributed by atoms with van der Waals surface area (Å²) in [5.74, 6) is 0.661. The number of rotatable bonds is 3. The summed E-state index contributed by atoms with van der Waals surface area (Å²) in [6, 6.07) is 4.58. The van der Waals surface area contributed by atoms with E-state index < -0.39 is 4.92 Å². The Kier molecular flexibility index (Phi) is 3.92. The fourth-order valence-electron chi connectivity index (χ4n) is 2.30. The SMILES string of the molecule is CC1CCN(c2ccc(N=C=O)cc2[N+](=O)[O-])CC1. The van der Waals surface area contributed by atoms with Crippen molar-refractivity contribution >= 4 is 23.1 Å². The van der Waals surface area contributed by atoms with E-state index in [1.807, 2.05) is 4.90 Å². The molecular weight excluding hydrogens is 246 g/mol. The number of benzene rings is 1. The molecule has 0 amide bonds. The van der Waals surface area contributed by atoms with Crippen LogP contribution in [0.1, 0.15) is 19.8 Å². The van der Waals surface area contributed by atoms with Crippen molar-refractivity contribution < 1.29 is 9.72 Å². The number of anilines is 1. The standard InChI is InChI=1S/C13H15N3O3/c1-10-4-6-15(7-5-10)12-3-2-11(14-9-17)8-13(12)16(18)19/h2-3,8,10H,4-7H2,1H3. The zero-order valence-electron chi connectivity index (χ0n) is 10.7. The zero-order chi connectivity index (χ0) is 13.8. The third kappa shape index (κ3) is 2.98. The molecule has 1 aliphatic rings. The van der Waals surface area contributed by atoms with Crippen LogP contribution in [-0.4, -0.2) is 24.1 Å². The summed E-state index contributed by atoms with van der Waals surface area (Å²) in [5, 5.41) is 11.1. The first-order valence-corrected chi connectivity index (χ1v) is 6.23. The zero-order valence-corrected chi connectivity index (χ0v) is 10.7. The number of isocyanates is 1. The molecule has 0 unspecified atom stereocenters. The summed E-state index contributed by atoms with van der Waals surface area (Å²) in [7, 11) is 0. The molecule has 1 fully saturated rings. The summed E-state index contributed by atoms with van der Waals surface area (Å²) in [4.78, 5) is 26.3. The first kappa shape index (κ1) is 13.2. The molecule has 2 rings (SSSR count). The van der Waals surface area contributed by atoms with Crippen LogP contribution in [0.25, 0.3) is 0 Å². The molecule has 0 aromatic heterocycles. The number of hydrogen-bond acceptors (Lipinski definition) is 5. The Bertz CT molecular complexity index is 530. The molecule has 19 heavy (non-hydrogen) atoms. The Morgan fingerprint density at radius 2 is 2.11 bits per heavy atom. The summed E-state index contributed by atoms with van der Waals surface area (Å²) in [6.07, 6.45) is 3.46. The molecule has 0 N–H and O–H groups in total. The van der Waals surface area contributed by atoms with E-state index in [0.717, 1.165) is 25.9 Å².